The molecule has 18 heavy (non-hydrogen) atoms. The Bertz CT molecular complexity index is 369. The number of rotatable bonds is 5. The Morgan fingerprint density at radius 3 is 2.11 bits per heavy atom. The molecule has 0 radical (unpaired) electrons. The summed E-state index contributed by atoms with van der Waals surface area (Å²) in [4.78, 5) is 3.20. The maximum atomic E-state index is 5.41. The van der Waals surface area contributed by atoms with E-state index in [4.69, 9.17) is 12.2 Å². The molecule has 0 aliphatic heterocycles. The van der Waals surface area contributed by atoms with E-state index in [2.05, 4.69) is 56.1 Å². The molecule has 1 aromatic rings. The molecule has 0 spiro atoms. The van der Waals surface area contributed by atoms with Crippen molar-refractivity contribution in [3.63, 3.8) is 0 Å². The number of likely N-dealkylation sites (N-methyl/N-ethyl adjacent to an activating group) is 1. The summed E-state index contributed by atoms with van der Waals surface area (Å²) in [5.74, 6) is 0. The fourth-order valence-electron chi connectivity index (χ4n) is 1.84. The summed E-state index contributed by atoms with van der Waals surface area (Å²) in [6.45, 7) is 11.4. The second-order valence-electron chi connectivity index (χ2n) is 4.28. The highest BCUT2D eigenvalue weighted by atomic mass is 35.5. The van der Waals surface area contributed by atoms with Gasteiger partial charge in [-0.05, 0) is 38.1 Å². The van der Waals surface area contributed by atoms with Gasteiger partial charge < -0.3 is 5.32 Å². The summed E-state index contributed by atoms with van der Waals surface area (Å²) >= 11 is 5.41. The number of hydrogen-bond acceptors (Lipinski definition) is 2. The van der Waals surface area contributed by atoms with Crippen LogP contribution in [-0.2, 0) is 0 Å². The van der Waals surface area contributed by atoms with Gasteiger partial charge in [0.1, 0.15) is 0 Å². The van der Waals surface area contributed by atoms with Gasteiger partial charge in [0.25, 0.3) is 0 Å². The van der Waals surface area contributed by atoms with E-state index in [1.165, 1.54) is 11.1 Å². The van der Waals surface area contributed by atoms with Crippen molar-refractivity contribution in [2.75, 3.05) is 25.0 Å². The monoisotopic (exact) mass is 286 g/mol. The van der Waals surface area contributed by atoms with Crippen LogP contribution in [0.4, 0.5) is 5.69 Å². The van der Waals surface area contributed by atoms with Gasteiger partial charge >= 0.3 is 0 Å². The minimum absolute atomic E-state index is 0. The number of nitrogens with one attached hydrogen (secondary N) is 1. The minimum atomic E-state index is 0. The van der Waals surface area contributed by atoms with Crippen LogP contribution in [-0.4, -0.2) is 29.5 Å². The second-order valence-corrected chi connectivity index (χ2v) is 4.77. The highest BCUT2D eigenvalue weighted by Crippen LogP contribution is 2.19. The molecule has 0 amide bonds. The Kier molecular flexibility index (Phi) is 8.16. The Morgan fingerprint density at radius 1 is 1.17 bits per heavy atom. The molecule has 1 rings (SSSR count). The lowest BCUT2D eigenvalue weighted by Gasteiger charge is -2.20. The molecule has 0 aliphatic carbocycles. The predicted molar refractivity (Wildman–Crippen MR) is 87.2 cm³/mol. The van der Waals surface area contributed by atoms with Gasteiger partial charge in [-0.2, -0.15) is 0 Å². The van der Waals surface area contributed by atoms with E-state index in [1.807, 2.05) is 0 Å². The van der Waals surface area contributed by atoms with Gasteiger partial charge in [0.05, 0.1) is 4.99 Å². The smallest absolute Gasteiger partial charge is 0.0940 e. The lowest BCUT2D eigenvalue weighted by molar-refractivity contribution is 0.348. The average Bonchev–Trinajstić information content (AvgIpc) is 2.31. The lowest BCUT2D eigenvalue weighted by Crippen LogP contribution is -2.32. The molecule has 1 N–H and O–H groups in total. The lowest BCUT2D eigenvalue weighted by atomic mass is 10.1. The van der Waals surface area contributed by atoms with E-state index in [0.717, 1.165) is 30.3 Å². The molecule has 0 aliphatic rings. The fraction of sp³-hybridized carbons (Fsp3) is 0.500. The Labute approximate surface area is 122 Å². The van der Waals surface area contributed by atoms with Gasteiger partial charge in [-0.15, -0.1) is 12.4 Å². The highest BCUT2D eigenvalue weighted by molar-refractivity contribution is 7.80. The van der Waals surface area contributed by atoms with Crippen molar-refractivity contribution in [1.82, 2.24) is 4.90 Å². The molecule has 0 aromatic heterocycles. The molecular formula is C14H23ClN2S. The normalized spacial score (nSPS) is 10.1. The molecule has 0 fully saturated rings. The van der Waals surface area contributed by atoms with Gasteiger partial charge in [0.15, 0.2) is 0 Å². The van der Waals surface area contributed by atoms with Gasteiger partial charge in [-0.1, -0.05) is 44.3 Å². The van der Waals surface area contributed by atoms with Gasteiger partial charge in [0.2, 0.25) is 0 Å². The van der Waals surface area contributed by atoms with Crippen molar-refractivity contribution in [3.05, 3.63) is 29.3 Å². The van der Waals surface area contributed by atoms with E-state index >= 15 is 0 Å². The topological polar surface area (TPSA) is 15.3 Å². The molecule has 0 heterocycles. The first-order chi connectivity index (χ1) is 8.08. The quantitative estimate of drug-likeness (QED) is 0.829. The van der Waals surface area contributed by atoms with Crippen molar-refractivity contribution in [3.8, 4) is 0 Å². The number of hydrogen-bond donors (Lipinski definition) is 1. The molecule has 0 atom stereocenters. The van der Waals surface area contributed by atoms with Gasteiger partial charge in [-0.25, -0.2) is 0 Å². The Hall–Kier alpha value is -0.640. The SMILES string of the molecule is CCN(CC)CC(=S)Nc1c(C)cccc1C.Cl. The zero-order valence-corrected chi connectivity index (χ0v) is 13.3. The summed E-state index contributed by atoms with van der Waals surface area (Å²) in [6.07, 6.45) is 0. The third-order valence-corrected chi connectivity index (χ3v) is 3.24. The van der Waals surface area contributed by atoms with Crippen molar-refractivity contribution in [2.45, 2.75) is 27.7 Å². The predicted octanol–water partition coefficient (Wildman–Crippen LogP) is 3.81. The average molecular weight is 287 g/mol. The molecule has 0 saturated heterocycles. The fourth-order valence-corrected chi connectivity index (χ4v) is 2.13. The molecule has 0 unspecified atom stereocenters. The summed E-state index contributed by atoms with van der Waals surface area (Å²) in [7, 11) is 0. The Morgan fingerprint density at radius 2 is 1.67 bits per heavy atom. The number of thiocarbonyl (C=S) groups is 1. The van der Waals surface area contributed by atoms with E-state index in [-0.39, 0.29) is 12.4 Å². The van der Waals surface area contributed by atoms with Crippen LogP contribution >= 0.6 is 24.6 Å². The molecular weight excluding hydrogens is 264 g/mol. The number of para-hydroxylation sites is 1. The first-order valence-electron chi connectivity index (χ1n) is 6.16. The standard InChI is InChI=1S/C14H22N2S.ClH/c1-5-16(6-2)10-13(17)15-14-11(3)8-7-9-12(14)4;/h7-9H,5-6,10H2,1-4H3,(H,15,17);1H. The van der Waals surface area contributed by atoms with E-state index in [0.29, 0.717) is 0 Å². The maximum Gasteiger partial charge on any atom is 0.0940 e. The highest BCUT2D eigenvalue weighted by Gasteiger charge is 2.07. The van der Waals surface area contributed by atoms with Crippen LogP contribution in [0, 0.1) is 13.8 Å². The molecule has 0 bridgehead atoms. The third kappa shape index (κ3) is 4.92. The molecule has 4 heteroatoms. The molecule has 2 nitrogen and oxygen atoms in total. The van der Waals surface area contributed by atoms with Crippen molar-refractivity contribution < 1.29 is 0 Å². The van der Waals surface area contributed by atoms with Crippen LogP contribution < -0.4 is 5.32 Å². The number of anilines is 1. The second kappa shape index (κ2) is 8.46. The van der Waals surface area contributed by atoms with Gasteiger partial charge in [0, 0.05) is 12.2 Å². The Balaban J connectivity index is 0.00000289. The van der Waals surface area contributed by atoms with Gasteiger partial charge in [-0.3, -0.25) is 4.90 Å². The van der Waals surface area contributed by atoms with Crippen molar-refractivity contribution in [2.24, 2.45) is 0 Å². The molecule has 0 saturated carbocycles. The molecule has 1 aromatic carbocycles. The number of halogens is 1. The summed E-state index contributed by atoms with van der Waals surface area (Å²) in [5.41, 5.74) is 3.64. The third-order valence-electron chi connectivity index (χ3n) is 3.01. The first-order valence-corrected chi connectivity index (χ1v) is 6.57. The zero-order chi connectivity index (χ0) is 12.8. The molecule has 102 valence electrons. The number of aryl methyl sites for hydroxylation is 2. The van der Waals surface area contributed by atoms with Crippen molar-refractivity contribution >= 4 is 35.3 Å². The van der Waals surface area contributed by atoms with Crippen LogP contribution in [0.5, 0.6) is 0 Å². The maximum absolute atomic E-state index is 5.41. The van der Waals surface area contributed by atoms with Crippen LogP contribution in [0.1, 0.15) is 25.0 Å². The number of nitrogens with zero attached hydrogens (tertiary/aromatic N) is 1. The van der Waals surface area contributed by atoms with E-state index in [1.54, 1.807) is 0 Å². The largest absolute Gasteiger partial charge is 0.349 e. The van der Waals surface area contributed by atoms with Crippen LogP contribution in [0.3, 0.4) is 0 Å². The van der Waals surface area contributed by atoms with E-state index < -0.39 is 0 Å². The summed E-state index contributed by atoms with van der Waals surface area (Å²) < 4.78 is 0. The summed E-state index contributed by atoms with van der Waals surface area (Å²) in [6, 6.07) is 6.29. The minimum Gasteiger partial charge on any atom is -0.349 e. The van der Waals surface area contributed by atoms with E-state index in [9.17, 15) is 0 Å². The van der Waals surface area contributed by atoms with Crippen molar-refractivity contribution in [1.29, 1.82) is 0 Å². The van der Waals surface area contributed by atoms with Crippen LogP contribution in [0.25, 0.3) is 0 Å². The van der Waals surface area contributed by atoms with Crippen LogP contribution in [0.2, 0.25) is 0 Å². The summed E-state index contributed by atoms with van der Waals surface area (Å²) in [5, 5.41) is 3.37. The number of benzene rings is 1. The first kappa shape index (κ1) is 17.4. The zero-order valence-electron chi connectivity index (χ0n) is 11.6. The van der Waals surface area contributed by atoms with Crippen LogP contribution in [0.15, 0.2) is 18.2 Å².